The molecule has 1 aromatic carbocycles. The van der Waals surface area contributed by atoms with Gasteiger partial charge in [0.05, 0.1) is 30.4 Å². The summed E-state index contributed by atoms with van der Waals surface area (Å²) < 4.78 is 21.5. The van der Waals surface area contributed by atoms with Crippen LogP contribution in [0.2, 0.25) is 0 Å². The lowest BCUT2D eigenvalue weighted by Gasteiger charge is -1.70. The highest BCUT2D eigenvalue weighted by Crippen LogP contribution is 1.95. The summed E-state index contributed by atoms with van der Waals surface area (Å²) in [6.45, 7) is 0. The van der Waals surface area contributed by atoms with Crippen molar-refractivity contribution in [2.75, 3.05) is 0 Å². The summed E-state index contributed by atoms with van der Waals surface area (Å²) in [5.41, 5.74) is 5.15. The van der Waals surface area contributed by atoms with Crippen molar-refractivity contribution in [3.05, 3.63) is 345 Å². The number of aromatic nitrogens is 15. The molecule has 90 heavy (non-hydrogen) atoms. The van der Waals surface area contributed by atoms with Crippen molar-refractivity contribution < 1.29 is 17.8 Å². The Morgan fingerprint density at radius 2 is 0.889 bits per heavy atom. The van der Waals surface area contributed by atoms with Gasteiger partial charge in [0.15, 0.2) is 6.39 Å². The van der Waals surface area contributed by atoms with Gasteiger partial charge >= 0.3 is 0 Å². The van der Waals surface area contributed by atoms with Gasteiger partial charge in [0, 0.05) is 123 Å². The molecular formula is C64H68N18O4S4. The molecule has 4 aliphatic rings. The van der Waals surface area contributed by atoms with Crippen LogP contribution in [-0.4, -0.2) is 93.7 Å². The van der Waals surface area contributed by atoms with E-state index in [2.05, 4.69) is 157 Å². The van der Waals surface area contributed by atoms with Crippen LogP contribution in [0.1, 0.15) is 25.7 Å². The van der Waals surface area contributed by atoms with E-state index < -0.39 is 0 Å². The van der Waals surface area contributed by atoms with Crippen molar-refractivity contribution >= 4 is 64.2 Å². The first-order valence-corrected chi connectivity index (χ1v) is 30.1. The Labute approximate surface area is 540 Å². The van der Waals surface area contributed by atoms with E-state index in [0.29, 0.717) is 0 Å². The smallest absolute Gasteiger partial charge is 0.203 e. The lowest BCUT2D eigenvalue weighted by atomic mass is 10.4. The second kappa shape index (κ2) is 73.8. The summed E-state index contributed by atoms with van der Waals surface area (Å²) >= 11 is 6.27. The van der Waals surface area contributed by atoms with Crippen LogP contribution in [0.5, 0.6) is 0 Å². The minimum absolute atomic E-state index is 0.917. The van der Waals surface area contributed by atoms with Crippen LogP contribution in [0.25, 0.3) is 0 Å². The van der Waals surface area contributed by atoms with Crippen molar-refractivity contribution in [3.63, 3.8) is 0 Å². The Balaban J connectivity index is 0.000000478. The highest BCUT2D eigenvalue weighted by molar-refractivity contribution is 7.08. The zero-order chi connectivity index (χ0) is 63.6. The van der Waals surface area contributed by atoms with Crippen LogP contribution >= 0.6 is 45.5 Å². The number of furan rings is 1. The fourth-order valence-electron chi connectivity index (χ4n) is 4.21. The molecule has 0 fully saturated rings. The normalized spacial score (nSPS) is 10.1. The minimum atomic E-state index is 0.917. The Bertz CT molecular complexity index is 2420. The standard InChI is InChI=1S/C6H6.C5H5N.2C5H6.3C4H4N2.C4H5N.C4H4O.C4H4S.C3H4N2.2C3H3NO.2C3H3NS.C2H2N2O.C2H2N2S/c2*1-2-4-6-5-3-1;2*1-2-4-5-3-1;1-2-6-4-3-5-1;1-2-5-4-6-3-1;1-2-4-6-5-3-1;4*1-2-4-5-3-1;1-2-5-3-4-1;1-2-4-5-3-1;1-2-5-3-4-1;1-2-4-5-3-1;2*1-3-4-2-5-1/h1-6H;1-5H;2*1-4H,5H2;3*1-4H;1,3-4H,2H2;2*1-4H;2-3H,1H2;4*1-3H;2*1-2H. The molecule has 0 amide bonds. The molecule has 0 saturated heterocycles. The quantitative estimate of drug-likeness (QED) is 0.136. The van der Waals surface area contributed by atoms with E-state index >= 15 is 0 Å². The number of oxazole rings is 1. The largest absolute Gasteiger partial charge is 0.473 e. The van der Waals surface area contributed by atoms with Gasteiger partial charge in [-0.3, -0.25) is 24.9 Å². The second-order valence-corrected chi connectivity index (χ2v) is 17.3. The average Bonchev–Trinajstić information content (AvgIpc) is 4.45. The van der Waals surface area contributed by atoms with Crippen LogP contribution in [0, 0.1) is 0 Å². The predicted octanol–water partition coefficient (Wildman–Crippen LogP) is 15.9. The van der Waals surface area contributed by atoms with E-state index in [1.807, 2.05) is 131 Å². The summed E-state index contributed by atoms with van der Waals surface area (Å²) in [5, 5.41) is 39.0. The first-order valence-electron chi connectivity index (χ1n) is 26.4. The number of hydrogen-bond acceptors (Lipinski definition) is 26. The van der Waals surface area contributed by atoms with Crippen LogP contribution in [0.3, 0.4) is 0 Å². The highest BCUT2D eigenvalue weighted by atomic mass is 32.1. The zero-order valence-corrected chi connectivity index (χ0v) is 52.1. The maximum absolute atomic E-state index is 4.58. The summed E-state index contributed by atoms with van der Waals surface area (Å²) in [6.07, 6.45) is 65.3. The molecular weight excluding hydrogens is 1210 g/mol. The number of benzene rings is 1. The Kier molecular flexibility index (Phi) is 62.9. The second-order valence-electron chi connectivity index (χ2n) is 14.3. The molecule has 462 valence electrons. The van der Waals surface area contributed by atoms with Crippen LogP contribution in [0.4, 0.5) is 0 Å². The summed E-state index contributed by atoms with van der Waals surface area (Å²) in [7, 11) is 0. The van der Waals surface area contributed by atoms with Gasteiger partial charge in [-0.2, -0.15) is 31.7 Å². The number of allylic oxidation sites excluding steroid dienone is 9. The molecule has 22 nitrogen and oxygen atoms in total. The van der Waals surface area contributed by atoms with Crippen molar-refractivity contribution in [1.82, 2.24) is 75.0 Å². The molecule has 0 N–H and O–H groups in total. The number of aliphatic imine (C=N–C) groups is 1. The molecule has 12 aromatic heterocycles. The van der Waals surface area contributed by atoms with E-state index in [0.717, 1.165) is 25.7 Å². The predicted molar refractivity (Wildman–Crippen MR) is 361 cm³/mol. The molecule has 0 radical (unpaired) electrons. The Hall–Kier alpha value is -11.3. The Morgan fingerprint density at radius 3 is 1.07 bits per heavy atom. The molecule has 2 aliphatic carbocycles. The molecule has 26 heteroatoms. The number of hydrogen-bond donors (Lipinski definition) is 0. The van der Waals surface area contributed by atoms with Gasteiger partial charge in [0.2, 0.25) is 12.8 Å². The van der Waals surface area contributed by atoms with E-state index in [1.54, 1.807) is 169 Å². The Morgan fingerprint density at radius 1 is 0.300 bits per heavy atom. The van der Waals surface area contributed by atoms with Gasteiger partial charge in [-0.15, -0.1) is 43.1 Å². The maximum Gasteiger partial charge on any atom is 0.203 e. The molecule has 17 rings (SSSR count). The maximum atomic E-state index is 4.58. The third-order valence-electron chi connectivity index (χ3n) is 7.77. The highest BCUT2D eigenvalue weighted by Gasteiger charge is 1.76. The average molecular weight is 1280 g/mol. The van der Waals surface area contributed by atoms with Crippen LogP contribution in [0.15, 0.2) is 378 Å². The summed E-state index contributed by atoms with van der Waals surface area (Å²) in [4.78, 5) is 29.7. The first kappa shape index (κ1) is 76.7. The number of nitrogens with zero attached hydrogens (tertiary/aromatic N) is 18. The number of pyridine rings is 1. The SMILES string of the molecule is C1=CCC=C1.C1=CCC=C1.C1=CN=CC1.C1=NN=CC1.c1ccccc1.c1ccncc1.c1ccnnc1.c1ccoc1.c1ccsc1.c1cnccn1.c1cncnc1.c1cnoc1.c1cnsc1.c1cocn1.c1cscn1.c1nnco1.c1nncs1. The van der Waals surface area contributed by atoms with Crippen molar-refractivity contribution in [2.24, 2.45) is 15.2 Å². The van der Waals surface area contributed by atoms with E-state index in [1.165, 1.54) is 60.9 Å². The lowest BCUT2D eigenvalue weighted by molar-refractivity contribution is 0.420. The minimum Gasteiger partial charge on any atom is -0.473 e. The monoisotopic (exact) mass is 1280 g/mol. The lowest BCUT2D eigenvalue weighted by Crippen LogP contribution is -1.69. The van der Waals surface area contributed by atoms with E-state index in [4.69, 9.17) is 0 Å². The van der Waals surface area contributed by atoms with Crippen LogP contribution in [-0.2, 0) is 0 Å². The summed E-state index contributed by atoms with van der Waals surface area (Å²) in [5.74, 6) is 0. The molecule has 14 heterocycles. The van der Waals surface area contributed by atoms with Gasteiger partial charge in [0.1, 0.15) is 29.9 Å². The molecule has 0 atom stereocenters. The fraction of sp³-hybridized carbons (Fsp3) is 0.0625. The van der Waals surface area contributed by atoms with Gasteiger partial charge in [0.25, 0.3) is 0 Å². The van der Waals surface area contributed by atoms with E-state index in [-0.39, 0.29) is 0 Å². The van der Waals surface area contributed by atoms with Crippen molar-refractivity contribution in [1.29, 1.82) is 0 Å². The van der Waals surface area contributed by atoms with Crippen molar-refractivity contribution in [3.8, 4) is 0 Å². The number of rotatable bonds is 0. The van der Waals surface area contributed by atoms with Gasteiger partial charge < -0.3 is 17.8 Å². The molecule has 0 saturated carbocycles. The third-order valence-corrected chi connectivity index (χ3v) is 9.87. The molecule has 0 unspecified atom stereocenters. The van der Waals surface area contributed by atoms with E-state index in [9.17, 15) is 0 Å². The van der Waals surface area contributed by atoms with Gasteiger partial charge in [-0.25, -0.2) is 19.3 Å². The molecule has 13 aromatic rings. The van der Waals surface area contributed by atoms with Crippen molar-refractivity contribution in [2.45, 2.75) is 25.7 Å². The zero-order valence-electron chi connectivity index (χ0n) is 48.8. The van der Waals surface area contributed by atoms with Gasteiger partial charge in [-0.05, 0) is 89.7 Å². The topological polar surface area (TPSA) is 283 Å². The first-order chi connectivity index (χ1) is 45.0. The van der Waals surface area contributed by atoms with Crippen LogP contribution < -0.4 is 0 Å². The number of thiophene rings is 1. The molecule has 0 spiro atoms. The number of thiazole rings is 1. The molecule has 0 bridgehead atoms. The van der Waals surface area contributed by atoms with Gasteiger partial charge in [-0.1, -0.05) is 114 Å². The third kappa shape index (κ3) is 70.9. The summed E-state index contributed by atoms with van der Waals surface area (Å²) in [6, 6.07) is 34.5. The molecule has 2 aliphatic heterocycles. The fourth-order valence-corrected chi connectivity index (χ4v) is 5.64.